The lowest BCUT2D eigenvalue weighted by Crippen LogP contribution is -2.03. The van der Waals surface area contributed by atoms with Crippen molar-refractivity contribution in [3.8, 4) is 6.07 Å². The third-order valence-electron chi connectivity index (χ3n) is 3.05. The van der Waals surface area contributed by atoms with E-state index in [4.69, 9.17) is 4.42 Å². The van der Waals surface area contributed by atoms with Crippen molar-refractivity contribution in [2.24, 2.45) is 0 Å². The van der Waals surface area contributed by atoms with Crippen LogP contribution in [-0.2, 0) is 6.54 Å². The summed E-state index contributed by atoms with van der Waals surface area (Å²) in [6.07, 6.45) is 3.24. The predicted octanol–water partition coefficient (Wildman–Crippen LogP) is 3.78. The summed E-state index contributed by atoms with van der Waals surface area (Å²) < 4.78 is 6.32. The van der Waals surface area contributed by atoms with E-state index in [1.54, 1.807) is 12.4 Å². The van der Waals surface area contributed by atoms with E-state index < -0.39 is 0 Å². The number of nitrogens with zero attached hydrogens (tertiary/aromatic N) is 3. The van der Waals surface area contributed by atoms with Gasteiger partial charge in [-0.3, -0.25) is 4.98 Å². The summed E-state index contributed by atoms with van der Waals surface area (Å²) in [7, 11) is 0. The van der Waals surface area contributed by atoms with Crippen molar-refractivity contribution in [1.82, 2.24) is 9.97 Å². The van der Waals surface area contributed by atoms with Crippen molar-refractivity contribution in [3.05, 3.63) is 52.3 Å². The molecule has 0 fully saturated rings. The second-order valence-electron chi connectivity index (χ2n) is 4.51. The van der Waals surface area contributed by atoms with Gasteiger partial charge in [-0.25, -0.2) is 4.98 Å². The molecule has 0 atom stereocenters. The van der Waals surface area contributed by atoms with E-state index in [2.05, 4.69) is 37.3 Å². The molecule has 5 nitrogen and oxygen atoms in total. The first-order chi connectivity index (χ1) is 10.2. The number of pyridine rings is 1. The van der Waals surface area contributed by atoms with Crippen LogP contribution in [0.25, 0.3) is 10.9 Å². The lowest BCUT2D eigenvalue weighted by Gasteiger charge is -2.10. The van der Waals surface area contributed by atoms with E-state index in [0.29, 0.717) is 18.0 Å². The van der Waals surface area contributed by atoms with E-state index in [0.717, 1.165) is 26.8 Å². The number of nitriles is 1. The molecule has 3 aromatic rings. The third-order valence-corrected chi connectivity index (χ3v) is 3.69. The van der Waals surface area contributed by atoms with Gasteiger partial charge in [0.05, 0.1) is 29.5 Å². The van der Waals surface area contributed by atoms with Crippen molar-refractivity contribution in [2.45, 2.75) is 13.5 Å². The SMILES string of the molecule is Cc1cnc(CNc2c(C#N)cnc3c(Br)cccc23)o1. The molecule has 2 heterocycles. The van der Waals surface area contributed by atoms with Gasteiger partial charge in [-0.2, -0.15) is 5.26 Å². The fraction of sp³-hybridized carbons (Fsp3) is 0.133. The van der Waals surface area contributed by atoms with Gasteiger partial charge in [0.1, 0.15) is 11.8 Å². The number of anilines is 1. The Kier molecular flexibility index (Phi) is 3.59. The second-order valence-corrected chi connectivity index (χ2v) is 5.37. The molecule has 21 heavy (non-hydrogen) atoms. The molecule has 0 unspecified atom stereocenters. The Hall–Kier alpha value is -2.39. The predicted molar refractivity (Wildman–Crippen MR) is 82.7 cm³/mol. The number of oxazole rings is 1. The molecule has 0 saturated heterocycles. The van der Waals surface area contributed by atoms with Crippen molar-refractivity contribution in [2.75, 3.05) is 5.32 Å². The molecule has 0 radical (unpaired) electrons. The molecule has 0 spiro atoms. The molecule has 104 valence electrons. The number of halogens is 1. The minimum Gasteiger partial charge on any atom is -0.444 e. The first-order valence-corrected chi connectivity index (χ1v) is 7.11. The molecule has 2 aromatic heterocycles. The number of rotatable bonds is 3. The van der Waals surface area contributed by atoms with E-state index in [-0.39, 0.29) is 0 Å². The summed E-state index contributed by atoms with van der Waals surface area (Å²) >= 11 is 3.47. The third kappa shape index (κ3) is 2.60. The summed E-state index contributed by atoms with van der Waals surface area (Å²) in [5.74, 6) is 1.34. The first-order valence-electron chi connectivity index (χ1n) is 6.31. The van der Waals surface area contributed by atoms with Crippen molar-refractivity contribution < 1.29 is 4.42 Å². The number of para-hydroxylation sites is 1. The number of aromatic nitrogens is 2. The summed E-state index contributed by atoms with van der Waals surface area (Å²) in [6.45, 7) is 2.25. The molecule has 1 N–H and O–H groups in total. The Morgan fingerprint density at radius 2 is 2.19 bits per heavy atom. The first kappa shape index (κ1) is 13.6. The molecule has 0 bridgehead atoms. The highest BCUT2D eigenvalue weighted by Gasteiger charge is 2.11. The van der Waals surface area contributed by atoms with Crippen LogP contribution in [0.3, 0.4) is 0 Å². The Balaban J connectivity index is 2.03. The van der Waals surface area contributed by atoms with Gasteiger partial charge in [0.15, 0.2) is 0 Å². The van der Waals surface area contributed by atoms with Gasteiger partial charge in [-0.15, -0.1) is 0 Å². The average Bonchev–Trinajstić information content (AvgIpc) is 2.90. The van der Waals surface area contributed by atoms with Crippen molar-refractivity contribution in [1.29, 1.82) is 5.26 Å². The van der Waals surface area contributed by atoms with E-state index in [9.17, 15) is 5.26 Å². The highest BCUT2D eigenvalue weighted by Crippen LogP contribution is 2.30. The number of hydrogen-bond donors (Lipinski definition) is 1. The Labute approximate surface area is 129 Å². The monoisotopic (exact) mass is 342 g/mol. The summed E-state index contributed by atoms with van der Waals surface area (Å²) in [5, 5.41) is 13.4. The Bertz CT molecular complexity index is 850. The zero-order valence-corrected chi connectivity index (χ0v) is 12.8. The summed E-state index contributed by atoms with van der Waals surface area (Å²) in [5.41, 5.74) is 2.03. The van der Waals surface area contributed by atoms with Crippen LogP contribution in [0.2, 0.25) is 0 Å². The standard InChI is InChI=1S/C15H11BrN4O/c1-9-6-18-13(21-9)8-20-14-10(5-17)7-19-15-11(14)3-2-4-12(15)16/h2-4,6-7H,8H2,1H3,(H,19,20). The van der Waals surface area contributed by atoms with Crippen LogP contribution in [-0.4, -0.2) is 9.97 Å². The number of hydrogen-bond acceptors (Lipinski definition) is 5. The Morgan fingerprint density at radius 1 is 1.33 bits per heavy atom. The van der Waals surface area contributed by atoms with Crippen LogP contribution in [0.15, 0.2) is 39.5 Å². The largest absolute Gasteiger partial charge is 0.444 e. The molecule has 6 heteroatoms. The van der Waals surface area contributed by atoms with Gasteiger partial charge in [0.25, 0.3) is 0 Å². The van der Waals surface area contributed by atoms with Crippen molar-refractivity contribution >= 4 is 32.5 Å². The number of fused-ring (bicyclic) bond motifs is 1. The second kappa shape index (κ2) is 5.54. The van der Waals surface area contributed by atoms with Gasteiger partial charge in [-0.1, -0.05) is 12.1 Å². The van der Waals surface area contributed by atoms with Crippen LogP contribution in [0.4, 0.5) is 5.69 Å². The van der Waals surface area contributed by atoms with Crippen LogP contribution in [0.5, 0.6) is 0 Å². The fourth-order valence-corrected chi connectivity index (χ4v) is 2.58. The maximum atomic E-state index is 9.27. The minimum absolute atomic E-state index is 0.411. The Morgan fingerprint density at radius 3 is 2.90 bits per heavy atom. The fourth-order valence-electron chi connectivity index (χ4n) is 2.11. The molecule has 1 aromatic carbocycles. The molecule has 0 aliphatic heterocycles. The van der Waals surface area contributed by atoms with Crippen LogP contribution in [0, 0.1) is 18.3 Å². The number of benzene rings is 1. The number of aryl methyl sites for hydroxylation is 1. The highest BCUT2D eigenvalue weighted by molar-refractivity contribution is 9.10. The molecule has 0 aliphatic carbocycles. The molecular formula is C15H11BrN4O. The van der Waals surface area contributed by atoms with Crippen LogP contribution < -0.4 is 5.32 Å². The van der Waals surface area contributed by atoms with E-state index in [1.165, 1.54) is 0 Å². The zero-order chi connectivity index (χ0) is 14.8. The van der Waals surface area contributed by atoms with Crippen LogP contribution >= 0.6 is 15.9 Å². The molecule has 0 aliphatic rings. The average molecular weight is 343 g/mol. The lowest BCUT2D eigenvalue weighted by atomic mass is 10.1. The summed E-state index contributed by atoms with van der Waals surface area (Å²) in [4.78, 5) is 8.47. The van der Waals surface area contributed by atoms with Gasteiger partial charge in [0, 0.05) is 16.1 Å². The topological polar surface area (TPSA) is 74.7 Å². The molecule has 0 amide bonds. The normalized spacial score (nSPS) is 10.5. The maximum absolute atomic E-state index is 9.27. The highest BCUT2D eigenvalue weighted by atomic mass is 79.9. The zero-order valence-electron chi connectivity index (χ0n) is 11.2. The molecule has 3 rings (SSSR count). The van der Waals surface area contributed by atoms with Crippen molar-refractivity contribution in [3.63, 3.8) is 0 Å². The van der Waals surface area contributed by atoms with Gasteiger partial charge in [-0.05, 0) is 28.9 Å². The molecule has 0 saturated carbocycles. The quantitative estimate of drug-likeness (QED) is 0.783. The van der Waals surface area contributed by atoms with Gasteiger partial charge >= 0.3 is 0 Å². The summed E-state index contributed by atoms with van der Waals surface area (Å²) in [6, 6.07) is 7.92. The lowest BCUT2D eigenvalue weighted by molar-refractivity contribution is 0.479. The molecular weight excluding hydrogens is 332 g/mol. The van der Waals surface area contributed by atoms with Crippen LogP contribution in [0.1, 0.15) is 17.2 Å². The minimum atomic E-state index is 0.411. The smallest absolute Gasteiger partial charge is 0.213 e. The van der Waals surface area contributed by atoms with E-state index >= 15 is 0 Å². The number of nitrogens with one attached hydrogen (secondary N) is 1. The maximum Gasteiger partial charge on any atom is 0.213 e. The van der Waals surface area contributed by atoms with Gasteiger partial charge < -0.3 is 9.73 Å². The van der Waals surface area contributed by atoms with E-state index in [1.807, 2.05) is 25.1 Å². The van der Waals surface area contributed by atoms with Gasteiger partial charge in [0.2, 0.25) is 5.89 Å².